The van der Waals surface area contributed by atoms with Crippen LogP contribution in [0.15, 0.2) is 0 Å². The Kier molecular flexibility index (Phi) is 4.42. The molecule has 2 rings (SSSR count). The molecular weight excluding hydrogens is 276 g/mol. The van der Waals surface area contributed by atoms with Gasteiger partial charge in [-0.1, -0.05) is 0 Å². The third-order valence-electron chi connectivity index (χ3n) is 3.93. The zero-order valence-corrected chi connectivity index (χ0v) is 12.8. The molecule has 0 aromatic carbocycles. The minimum Gasteiger partial charge on any atom is -0.477 e. The fourth-order valence-electron chi connectivity index (χ4n) is 2.85. The van der Waals surface area contributed by atoms with Crippen LogP contribution < -0.4 is 5.32 Å². The Balaban J connectivity index is 2.12. The van der Waals surface area contributed by atoms with Crippen molar-refractivity contribution in [3.05, 3.63) is 22.5 Å². The highest BCUT2D eigenvalue weighted by Crippen LogP contribution is 2.28. The van der Waals surface area contributed by atoms with Gasteiger partial charge in [-0.15, -0.1) is 0 Å². The van der Waals surface area contributed by atoms with E-state index in [0.29, 0.717) is 22.1 Å². The van der Waals surface area contributed by atoms with Gasteiger partial charge in [-0.05, 0) is 44.9 Å². The highest BCUT2D eigenvalue weighted by molar-refractivity contribution is 7.99. The Morgan fingerprint density at radius 2 is 2.05 bits per heavy atom. The van der Waals surface area contributed by atoms with Crippen molar-refractivity contribution in [2.45, 2.75) is 44.4 Å². The lowest BCUT2D eigenvalue weighted by Gasteiger charge is -2.13. The van der Waals surface area contributed by atoms with Crippen LogP contribution in [-0.2, 0) is 0 Å². The summed E-state index contributed by atoms with van der Waals surface area (Å²) in [5, 5.41) is 12.7. The van der Waals surface area contributed by atoms with Crippen molar-refractivity contribution in [1.29, 1.82) is 0 Å². The summed E-state index contributed by atoms with van der Waals surface area (Å²) < 4.78 is 0. The largest absolute Gasteiger partial charge is 0.477 e. The molecular formula is C14H20N2O3S. The maximum atomic E-state index is 12.3. The number of carbonyl (C=O) groups excluding carboxylic acids is 1. The summed E-state index contributed by atoms with van der Waals surface area (Å²) in [5.74, 6) is -1.21. The van der Waals surface area contributed by atoms with Crippen LogP contribution in [0.5, 0.6) is 0 Å². The number of thioether (sulfide) groups is 1. The molecule has 1 aromatic rings. The summed E-state index contributed by atoms with van der Waals surface area (Å²) in [6.07, 6.45) is 5.19. The number of aromatic carboxylic acids is 1. The molecule has 20 heavy (non-hydrogen) atoms. The highest BCUT2D eigenvalue weighted by Gasteiger charge is 2.28. The summed E-state index contributed by atoms with van der Waals surface area (Å²) in [4.78, 5) is 26.2. The van der Waals surface area contributed by atoms with Gasteiger partial charge in [-0.3, -0.25) is 4.79 Å². The van der Waals surface area contributed by atoms with Crippen molar-refractivity contribution < 1.29 is 14.7 Å². The van der Waals surface area contributed by atoms with E-state index in [1.807, 2.05) is 11.8 Å². The number of aromatic nitrogens is 1. The van der Waals surface area contributed by atoms with Gasteiger partial charge in [0.05, 0.1) is 5.56 Å². The lowest BCUT2D eigenvalue weighted by molar-refractivity contribution is 0.0690. The van der Waals surface area contributed by atoms with E-state index in [9.17, 15) is 9.59 Å². The van der Waals surface area contributed by atoms with Crippen LogP contribution in [-0.4, -0.2) is 39.5 Å². The van der Waals surface area contributed by atoms with E-state index in [-0.39, 0.29) is 17.6 Å². The van der Waals surface area contributed by atoms with Gasteiger partial charge in [0, 0.05) is 17.0 Å². The van der Waals surface area contributed by atoms with Crippen molar-refractivity contribution in [3.8, 4) is 0 Å². The number of aryl methyl sites for hydroxylation is 1. The zero-order valence-electron chi connectivity index (χ0n) is 11.9. The molecule has 5 nitrogen and oxygen atoms in total. The number of carboxylic acid groups (broad SMARTS) is 1. The highest BCUT2D eigenvalue weighted by atomic mass is 32.2. The van der Waals surface area contributed by atoms with Gasteiger partial charge in [0.2, 0.25) is 0 Å². The minimum absolute atomic E-state index is 0.0982. The van der Waals surface area contributed by atoms with Gasteiger partial charge in [-0.2, -0.15) is 11.8 Å². The fraction of sp³-hybridized carbons (Fsp3) is 0.571. The third kappa shape index (κ3) is 2.85. The first-order valence-corrected chi connectivity index (χ1v) is 7.99. The van der Waals surface area contributed by atoms with Crippen LogP contribution in [0.1, 0.15) is 51.4 Å². The van der Waals surface area contributed by atoms with Crippen LogP contribution in [0.4, 0.5) is 0 Å². The molecule has 110 valence electrons. The molecule has 1 aliphatic carbocycles. The SMILES string of the molecule is CSC1CCC(NC(=O)c2c(C)[nH]c(C(=O)O)c2C)C1. The molecule has 6 heteroatoms. The molecule has 1 saturated carbocycles. The molecule has 1 aromatic heterocycles. The molecule has 2 atom stereocenters. The van der Waals surface area contributed by atoms with E-state index in [1.165, 1.54) is 0 Å². The Bertz CT molecular complexity index is 539. The van der Waals surface area contributed by atoms with E-state index >= 15 is 0 Å². The van der Waals surface area contributed by atoms with Crippen LogP contribution in [0.25, 0.3) is 0 Å². The first-order valence-electron chi connectivity index (χ1n) is 6.70. The number of H-pyrrole nitrogens is 1. The van der Waals surface area contributed by atoms with Gasteiger partial charge >= 0.3 is 5.97 Å². The van der Waals surface area contributed by atoms with E-state index < -0.39 is 5.97 Å². The third-order valence-corrected chi connectivity index (χ3v) is 5.03. The number of carboxylic acids is 1. The molecule has 0 radical (unpaired) electrons. The van der Waals surface area contributed by atoms with Gasteiger partial charge in [0.15, 0.2) is 0 Å². The van der Waals surface area contributed by atoms with Crippen molar-refractivity contribution >= 4 is 23.6 Å². The van der Waals surface area contributed by atoms with Crippen molar-refractivity contribution in [2.75, 3.05) is 6.26 Å². The molecule has 0 saturated heterocycles. The van der Waals surface area contributed by atoms with Crippen LogP contribution in [0.2, 0.25) is 0 Å². The zero-order chi connectivity index (χ0) is 14.9. The molecule has 3 N–H and O–H groups in total. The summed E-state index contributed by atoms with van der Waals surface area (Å²) >= 11 is 1.84. The van der Waals surface area contributed by atoms with Crippen molar-refractivity contribution in [3.63, 3.8) is 0 Å². The summed E-state index contributed by atoms with van der Waals surface area (Å²) in [5.41, 5.74) is 1.68. The lowest BCUT2D eigenvalue weighted by atomic mass is 10.1. The smallest absolute Gasteiger partial charge is 0.352 e. The standard InChI is InChI=1S/C14H20N2O3S/c1-7-11(8(2)15-12(7)14(18)19)13(17)16-9-4-5-10(6-9)20-3/h9-10,15H,4-6H2,1-3H3,(H,16,17)(H,18,19). The van der Waals surface area contributed by atoms with Crippen molar-refractivity contribution in [2.24, 2.45) is 0 Å². The van der Waals surface area contributed by atoms with Gasteiger partial charge in [0.25, 0.3) is 5.91 Å². The molecule has 0 aliphatic heterocycles. The number of rotatable bonds is 4. The molecule has 0 spiro atoms. The molecule has 2 unspecified atom stereocenters. The second-order valence-electron chi connectivity index (χ2n) is 5.27. The van der Waals surface area contributed by atoms with Gasteiger partial charge in [0.1, 0.15) is 5.69 Å². The first-order chi connectivity index (χ1) is 9.43. The molecule has 1 aliphatic rings. The average Bonchev–Trinajstić information content (AvgIpc) is 2.94. The Morgan fingerprint density at radius 3 is 2.55 bits per heavy atom. The summed E-state index contributed by atoms with van der Waals surface area (Å²) in [6.45, 7) is 3.40. The van der Waals surface area contributed by atoms with Crippen molar-refractivity contribution in [1.82, 2.24) is 10.3 Å². The monoisotopic (exact) mass is 296 g/mol. The molecule has 1 fully saturated rings. The van der Waals surface area contributed by atoms with Crippen LogP contribution in [0.3, 0.4) is 0 Å². The maximum absolute atomic E-state index is 12.3. The second-order valence-corrected chi connectivity index (χ2v) is 6.41. The van der Waals surface area contributed by atoms with E-state index in [4.69, 9.17) is 5.11 Å². The van der Waals surface area contributed by atoms with Gasteiger partial charge in [-0.25, -0.2) is 4.79 Å². The molecule has 0 bridgehead atoms. The summed E-state index contributed by atoms with van der Waals surface area (Å²) in [7, 11) is 0. The normalized spacial score (nSPS) is 21.9. The number of aromatic amines is 1. The number of nitrogens with one attached hydrogen (secondary N) is 2. The predicted octanol–water partition coefficient (Wildman–Crippen LogP) is 2.34. The number of amides is 1. The quantitative estimate of drug-likeness (QED) is 0.796. The minimum atomic E-state index is -1.03. The average molecular weight is 296 g/mol. The Hall–Kier alpha value is -1.43. The van der Waals surface area contributed by atoms with Gasteiger partial charge < -0.3 is 15.4 Å². The molecule has 1 amide bonds. The molecule has 1 heterocycles. The summed E-state index contributed by atoms with van der Waals surface area (Å²) in [6, 6.07) is 0.196. The second kappa shape index (κ2) is 5.91. The van der Waals surface area contributed by atoms with E-state index in [2.05, 4.69) is 16.6 Å². The number of carbonyl (C=O) groups is 2. The van der Waals surface area contributed by atoms with E-state index in [1.54, 1.807) is 13.8 Å². The van der Waals surface area contributed by atoms with Crippen LogP contribution >= 0.6 is 11.8 Å². The Morgan fingerprint density at radius 1 is 1.35 bits per heavy atom. The number of hydrogen-bond acceptors (Lipinski definition) is 3. The van der Waals surface area contributed by atoms with Crippen LogP contribution in [0, 0.1) is 13.8 Å². The Labute approximate surface area is 122 Å². The fourth-order valence-corrected chi connectivity index (χ4v) is 3.64. The maximum Gasteiger partial charge on any atom is 0.352 e. The topological polar surface area (TPSA) is 82.2 Å². The van der Waals surface area contributed by atoms with E-state index in [0.717, 1.165) is 19.3 Å². The first kappa shape index (κ1) is 15.0. The number of hydrogen-bond donors (Lipinski definition) is 3. The lowest BCUT2D eigenvalue weighted by Crippen LogP contribution is -2.33. The predicted molar refractivity (Wildman–Crippen MR) is 79.6 cm³/mol.